The molecule has 0 saturated carbocycles. The number of hydrogen-bond acceptors (Lipinski definition) is 5. The minimum atomic E-state index is -3.56. The Morgan fingerprint density at radius 3 is 2.72 bits per heavy atom. The highest BCUT2D eigenvalue weighted by atomic mass is 32.2. The molecular formula is C10H13N5O2S. The zero-order valence-corrected chi connectivity index (χ0v) is 10.3. The molecule has 8 heteroatoms. The molecule has 0 spiro atoms. The predicted octanol–water partition coefficient (Wildman–Crippen LogP) is -0.258. The molecule has 0 unspecified atom stereocenters. The molecule has 2 aromatic rings. The number of rotatable bonds is 5. The molecule has 0 aromatic carbocycles. The summed E-state index contributed by atoms with van der Waals surface area (Å²) >= 11 is 0. The number of H-pyrrole nitrogens is 1. The van der Waals surface area contributed by atoms with Crippen molar-refractivity contribution in [3.05, 3.63) is 42.2 Å². The van der Waals surface area contributed by atoms with Crippen molar-refractivity contribution in [2.24, 2.45) is 5.73 Å². The van der Waals surface area contributed by atoms with Crippen LogP contribution >= 0.6 is 0 Å². The van der Waals surface area contributed by atoms with Gasteiger partial charge in [0.2, 0.25) is 10.0 Å². The fourth-order valence-electron chi connectivity index (χ4n) is 1.33. The predicted molar refractivity (Wildman–Crippen MR) is 64.7 cm³/mol. The van der Waals surface area contributed by atoms with Crippen LogP contribution in [0.4, 0.5) is 0 Å². The number of hydrogen-bond donors (Lipinski definition) is 3. The third-order valence-electron chi connectivity index (χ3n) is 2.32. The van der Waals surface area contributed by atoms with Gasteiger partial charge in [0.05, 0.1) is 18.6 Å². The van der Waals surface area contributed by atoms with E-state index in [1.807, 2.05) is 0 Å². The summed E-state index contributed by atoms with van der Waals surface area (Å²) in [6, 6.07) is 3.06. The van der Waals surface area contributed by atoms with Crippen molar-refractivity contribution in [1.29, 1.82) is 0 Å². The fourth-order valence-corrected chi connectivity index (χ4v) is 2.28. The highest BCUT2D eigenvalue weighted by molar-refractivity contribution is 7.89. The van der Waals surface area contributed by atoms with Crippen LogP contribution in [0.15, 0.2) is 35.7 Å². The van der Waals surface area contributed by atoms with Crippen LogP contribution in [0.25, 0.3) is 0 Å². The molecule has 96 valence electrons. The topological polar surface area (TPSA) is 114 Å². The van der Waals surface area contributed by atoms with Crippen LogP contribution in [-0.4, -0.2) is 23.4 Å². The molecule has 0 atom stereocenters. The molecule has 0 aliphatic carbocycles. The van der Waals surface area contributed by atoms with Gasteiger partial charge >= 0.3 is 0 Å². The minimum absolute atomic E-state index is 0.110. The number of pyridine rings is 1. The van der Waals surface area contributed by atoms with Crippen LogP contribution in [0.5, 0.6) is 0 Å². The molecule has 0 fully saturated rings. The zero-order chi connectivity index (χ0) is 13.0. The number of nitrogens with two attached hydrogens (primary N) is 1. The van der Waals surface area contributed by atoms with Gasteiger partial charge in [-0.05, 0) is 12.1 Å². The maximum absolute atomic E-state index is 11.9. The molecule has 0 bridgehead atoms. The maximum Gasteiger partial charge on any atom is 0.242 e. The van der Waals surface area contributed by atoms with Gasteiger partial charge in [0.15, 0.2) is 0 Å². The van der Waals surface area contributed by atoms with Gasteiger partial charge in [-0.1, -0.05) is 0 Å². The van der Waals surface area contributed by atoms with E-state index >= 15 is 0 Å². The Labute approximate surface area is 105 Å². The second kappa shape index (κ2) is 5.25. The number of imidazole rings is 1. The van der Waals surface area contributed by atoms with Crippen molar-refractivity contribution in [2.75, 3.05) is 0 Å². The summed E-state index contributed by atoms with van der Waals surface area (Å²) in [5.41, 5.74) is 6.72. The zero-order valence-electron chi connectivity index (χ0n) is 9.50. The van der Waals surface area contributed by atoms with E-state index in [4.69, 9.17) is 5.73 Å². The molecule has 0 aliphatic rings. The Morgan fingerprint density at radius 2 is 2.17 bits per heavy atom. The number of aromatic amines is 1. The highest BCUT2D eigenvalue weighted by Gasteiger charge is 2.14. The van der Waals surface area contributed by atoms with Crippen LogP contribution in [0.2, 0.25) is 0 Å². The largest absolute Gasteiger partial charge is 0.347 e. The molecule has 4 N–H and O–H groups in total. The number of aromatic nitrogens is 3. The van der Waals surface area contributed by atoms with Gasteiger partial charge in [0.1, 0.15) is 4.90 Å². The monoisotopic (exact) mass is 267 g/mol. The highest BCUT2D eigenvalue weighted by Crippen LogP contribution is 2.08. The SMILES string of the molecule is NCc1ccc(S(=O)(=O)NCc2cnc[nH]2)cn1. The molecule has 2 heterocycles. The van der Waals surface area contributed by atoms with Crippen molar-refractivity contribution in [1.82, 2.24) is 19.7 Å². The fraction of sp³-hybridized carbons (Fsp3) is 0.200. The first-order valence-electron chi connectivity index (χ1n) is 5.24. The smallest absolute Gasteiger partial charge is 0.242 e. The van der Waals surface area contributed by atoms with Crippen LogP contribution in [0, 0.1) is 0 Å². The maximum atomic E-state index is 11.9. The first-order valence-corrected chi connectivity index (χ1v) is 6.72. The molecule has 0 amide bonds. The first kappa shape index (κ1) is 12.7. The second-order valence-corrected chi connectivity index (χ2v) is 5.36. The van der Waals surface area contributed by atoms with E-state index in [0.717, 1.165) is 0 Å². The van der Waals surface area contributed by atoms with Crippen molar-refractivity contribution in [3.63, 3.8) is 0 Å². The van der Waals surface area contributed by atoms with Crippen molar-refractivity contribution in [3.8, 4) is 0 Å². The molecule has 18 heavy (non-hydrogen) atoms. The van der Waals surface area contributed by atoms with Crippen LogP contribution in [-0.2, 0) is 23.1 Å². The van der Waals surface area contributed by atoms with Crippen molar-refractivity contribution < 1.29 is 8.42 Å². The van der Waals surface area contributed by atoms with Gasteiger partial charge in [0.25, 0.3) is 0 Å². The molecular weight excluding hydrogens is 254 g/mol. The number of sulfonamides is 1. The van der Waals surface area contributed by atoms with E-state index in [0.29, 0.717) is 11.4 Å². The van der Waals surface area contributed by atoms with E-state index in [9.17, 15) is 8.42 Å². The van der Waals surface area contributed by atoms with E-state index < -0.39 is 10.0 Å². The van der Waals surface area contributed by atoms with E-state index in [1.165, 1.54) is 18.6 Å². The summed E-state index contributed by atoms with van der Waals surface area (Å²) in [5.74, 6) is 0. The van der Waals surface area contributed by atoms with E-state index in [1.54, 1.807) is 12.3 Å². The molecule has 2 rings (SSSR count). The van der Waals surface area contributed by atoms with Gasteiger partial charge in [-0.3, -0.25) is 4.98 Å². The molecule has 0 aliphatic heterocycles. The van der Waals surface area contributed by atoms with Gasteiger partial charge in [-0.2, -0.15) is 0 Å². The minimum Gasteiger partial charge on any atom is -0.347 e. The summed E-state index contributed by atoms with van der Waals surface area (Å²) in [6.07, 6.45) is 4.33. The van der Waals surface area contributed by atoms with Crippen molar-refractivity contribution in [2.45, 2.75) is 18.0 Å². The molecule has 0 saturated heterocycles. The first-order chi connectivity index (χ1) is 8.62. The normalized spacial score (nSPS) is 11.6. The van der Waals surface area contributed by atoms with Gasteiger partial charge in [0, 0.05) is 24.6 Å². The lowest BCUT2D eigenvalue weighted by molar-refractivity contribution is 0.580. The third kappa shape index (κ3) is 2.92. The average molecular weight is 267 g/mol. The lowest BCUT2D eigenvalue weighted by Gasteiger charge is -2.05. The van der Waals surface area contributed by atoms with Crippen LogP contribution in [0.3, 0.4) is 0 Å². The van der Waals surface area contributed by atoms with Gasteiger partial charge in [-0.25, -0.2) is 18.1 Å². The number of nitrogens with one attached hydrogen (secondary N) is 2. The van der Waals surface area contributed by atoms with E-state index in [2.05, 4.69) is 19.7 Å². The summed E-state index contributed by atoms with van der Waals surface area (Å²) in [7, 11) is -3.56. The standard InChI is InChI=1S/C10H13N5O2S/c11-3-8-1-2-10(6-13-8)18(16,17)15-5-9-4-12-7-14-9/h1-2,4,6-7,15H,3,5,11H2,(H,12,14). The molecule has 7 nitrogen and oxygen atoms in total. The third-order valence-corrected chi connectivity index (χ3v) is 3.71. The van der Waals surface area contributed by atoms with Crippen LogP contribution < -0.4 is 10.5 Å². The summed E-state index contributed by atoms with van der Waals surface area (Å²) in [4.78, 5) is 10.7. The summed E-state index contributed by atoms with van der Waals surface area (Å²) in [5, 5.41) is 0. The molecule has 0 radical (unpaired) electrons. The van der Waals surface area contributed by atoms with E-state index in [-0.39, 0.29) is 18.0 Å². The second-order valence-electron chi connectivity index (χ2n) is 3.59. The average Bonchev–Trinajstić information content (AvgIpc) is 2.90. The number of nitrogens with zero attached hydrogens (tertiary/aromatic N) is 2. The summed E-state index contributed by atoms with van der Waals surface area (Å²) < 4.78 is 26.3. The Hall–Kier alpha value is -1.77. The Morgan fingerprint density at radius 1 is 1.33 bits per heavy atom. The Balaban J connectivity index is 2.09. The Kier molecular flexibility index (Phi) is 3.70. The van der Waals surface area contributed by atoms with Gasteiger partial charge < -0.3 is 10.7 Å². The van der Waals surface area contributed by atoms with Crippen LogP contribution in [0.1, 0.15) is 11.4 Å². The summed E-state index contributed by atoms with van der Waals surface area (Å²) in [6.45, 7) is 0.433. The lowest BCUT2D eigenvalue weighted by Crippen LogP contribution is -2.23. The van der Waals surface area contributed by atoms with Gasteiger partial charge in [-0.15, -0.1) is 0 Å². The quantitative estimate of drug-likeness (QED) is 0.690. The lowest BCUT2D eigenvalue weighted by atomic mass is 10.4. The molecule has 2 aromatic heterocycles. The van der Waals surface area contributed by atoms with Crippen molar-refractivity contribution >= 4 is 10.0 Å². The Bertz CT molecular complexity index is 592.